The predicted octanol–water partition coefficient (Wildman–Crippen LogP) is 3.58. The number of carbonyl (C=O) groups is 2. The van der Waals surface area contributed by atoms with Gasteiger partial charge in [0, 0.05) is 0 Å². The fourth-order valence-corrected chi connectivity index (χ4v) is 2.56. The average Bonchev–Trinajstić information content (AvgIpc) is 3.21. The van der Waals surface area contributed by atoms with Crippen LogP contribution in [0.1, 0.15) is 38.9 Å². The van der Waals surface area contributed by atoms with Crippen LogP contribution in [-0.2, 0) is 16.1 Å². The van der Waals surface area contributed by atoms with Crippen molar-refractivity contribution < 1.29 is 23.5 Å². The summed E-state index contributed by atoms with van der Waals surface area (Å²) in [4.78, 5) is 25.3. The smallest absolute Gasteiger partial charge is 0.341 e. The summed E-state index contributed by atoms with van der Waals surface area (Å²) in [5.41, 5.74) is 1.24. The summed E-state index contributed by atoms with van der Waals surface area (Å²) in [6.07, 6.45) is 1.44. The minimum atomic E-state index is -0.687. The number of hydrogen-bond acceptors (Lipinski definition) is 7. The molecule has 0 aliphatic rings. The number of esters is 2. The molecule has 7 heteroatoms. The molecule has 27 heavy (non-hydrogen) atoms. The van der Waals surface area contributed by atoms with E-state index in [0.29, 0.717) is 5.76 Å². The molecule has 2 heterocycles. The molecule has 0 radical (unpaired) electrons. The van der Waals surface area contributed by atoms with Gasteiger partial charge in [0.05, 0.1) is 24.1 Å². The predicted molar refractivity (Wildman–Crippen MR) is 96.0 cm³/mol. The van der Waals surface area contributed by atoms with Gasteiger partial charge in [-0.1, -0.05) is 30.3 Å². The Bertz CT molecular complexity index is 937. The molecular weight excluding hydrogens is 348 g/mol. The minimum Gasteiger partial charge on any atom is -0.463 e. The Morgan fingerprint density at radius 3 is 2.37 bits per heavy atom. The summed E-state index contributed by atoms with van der Waals surface area (Å²) in [5.74, 6) is -1.06. The molecule has 0 aliphatic heterocycles. The van der Waals surface area contributed by atoms with Gasteiger partial charge in [-0.3, -0.25) is 0 Å². The van der Waals surface area contributed by atoms with Crippen LogP contribution in [0.3, 0.4) is 0 Å². The molecule has 0 bridgehead atoms. The first-order valence-corrected chi connectivity index (χ1v) is 8.41. The third-order valence-electron chi connectivity index (χ3n) is 3.80. The van der Waals surface area contributed by atoms with Crippen molar-refractivity contribution in [1.29, 1.82) is 0 Å². The summed E-state index contributed by atoms with van der Waals surface area (Å²) < 4.78 is 15.8. The van der Waals surface area contributed by atoms with E-state index in [-0.39, 0.29) is 35.7 Å². The van der Waals surface area contributed by atoms with E-state index < -0.39 is 11.9 Å². The van der Waals surface area contributed by atoms with Crippen LogP contribution in [0.25, 0.3) is 11.5 Å². The highest BCUT2D eigenvalue weighted by atomic mass is 16.5. The van der Waals surface area contributed by atoms with Gasteiger partial charge >= 0.3 is 11.9 Å². The van der Waals surface area contributed by atoms with Crippen molar-refractivity contribution in [2.24, 2.45) is 0 Å². The number of ether oxygens (including phenoxy) is 2. The first-order chi connectivity index (χ1) is 13.1. The van der Waals surface area contributed by atoms with Gasteiger partial charge in [-0.25, -0.2) is 9.59 Å². The highest BCUT2D eigenvalue weighted by Gasteiger charge is 2.29. The van der Waals surface area contributed by atoms with Gasteiger partial charge in [-0.15, -0.1) is 5.10 Å². The Labute approximate surface area is 155 Å². The van der Waals surface area contributed by atoms with Gasteiger partial charge in [0.2, 0.25) is 0 Å². The Kier molecular flexibility index (Phi) is 5.61. The summed E-state index contributed by atoms with van der Waals surface area (Å²) in [5, 5.41) is 8.03. The van der Waals surface area contributed by atoms with Crippen LogP contribution in [0.2, 0.25) is 0 Å². The number of nitrogens with zero attached hydrogens (tertiary/aromatic N) is 2. The third kappa shape index (κ3) is 4.03. The maximum Gasteiger partial charge on any atom is 0.341 e. The second-order valence-electron chi connectivity index (χ2n) is 5.64. The van der Waals surface area contributed by atoms with E-state index in [4.69, 9.17) is 13.9 Å². The number of carbonyl (C=O) groups excluding carboxylic acids is 2. The lowest BCUT2D eigenvalue weighted by Gasteiger charge is -2.13. The molecule has 0 aliphatic carbocycles. The van der Waals surface area contributed by atoms with E-state index in [0.717, 1.165) is 5.56 Å². The molecule has 3 aromatic rings. The summed E-state index contributed by atoms with van der Waals surface area (Å²) >= 11 is 0. The van der Waals surface area contributed by atoms with Crippen LogP contribution in [0.5, 0.6) is 0 Å². The zero-order valence-electron chi connectivity index (χ0n) is 15.0. The van der Waals surface area contributed by atoms with Gasteiger partial charge in [0.25, 0.3) is 0 Å². The standard InChI is InChI=1S/C20H18N2O5/c1-3-25-20(24)17-16(19(23)27-12-14-8-5-4-6-9-14)13(2)21-22-18(17)15-10-7-11-26-15/h4-11H,3,12H2,1-2H3. The summed E-state index contributed by atoms with van der Waals surface area (Å²) in [7, 11) is 0. The Morgan fingerprint density at radius 2 is 1.70 bits per heavy atom. The van der Waals surface area contributed by atoms with Gasteiger partial charge < -0.3 is 13.9 Å². The highest BCUT2D eigenvalue weighted by Crippen LogP contribution is 2.27. The lowest BCUT2D eigenvalue weighted by atomic mass is 10.0. The monoisotopic (exact) mass is 366 g/mol. The second-order valence-corrected chi connectivity index (χ2v) is 5.64. The van der Waals surface area contributed by atoms with Gasteiger partial charge in [-0.05, 0) is 31.5 Å². The van der Waals surface area contributed by atoms with Crippen LogP contribution >= 0.6 is 0 Å². The van der Waals surface area contributed by atoms with Crippen LogP contribution in [0, 0.1) is 6.92 Å². The van der Waals surface area contributed by atoms with Crippen molar-refractivity contribution in [1.82, 2.24) is 10.2 Å². The first-order valence-electron chi connectivity index (χ1n) is 8.41. The van der Waals surface area contributed by atoms with E-state index >= 15 is 0 Å². The topological polar surface area (TPSA) is 91.5 Å². The molecule has 1 aromatic carbocycles. The van der Waals surface area contributed by atoms with Crippen molar-refractivity contribution in [2.45, 2.75) is 20.5 Å². The summed E-state index contributed by atoms with van der Waals surface area (Å²) in [6.45, 7) is 3.48. The number of hydrogen-bond donors (Lipinski definition) is 0. The molecule has 7 nitrogen and oxygen atoms in total. The van der Waals surface area contributed by atoms with E-state index in [1.807, 2.05) is 30.3 Å². The molecule has 138 valence electrons. The fraction of sp³-hybridized carbons (Fsp3) is 0.200. The zero-order chi connectivity index (χ0) is 19.2. The molecule has 0 amide bonds. The van der Waals surface area contributed by atoms with Crippen LogP contribution in [-0.4, -0.2) is 28.7 Å². The minimum absolute atomic E-state index is 0.0163. The van der Waals surface area contributed by atoms with Crippen LogP contribution in [0.4, 0.5) is 0 Å². The Morgan fingerprint density at radius 1 is 0.963 bits per heavy atom. The third-order valence-corrected chi connectivity index (χ3v) is 3.80. The average molecular weight is 366 g/mol. The molecule has 0 unspecified atom stereocenters. The lowest BCUT2D eigenvalue weighted by molar-refractivity contribution is 0.0443. The van der Waals surface area contributed by atoms with E-state index in [1.165, 1.54) is 6.26 Å². The molecular formula is C20H18N2O5. The van der Waals surface area contributed by atoms with Gasteiger partial charge in [0.1, 0.15) is 17.9 Å². The number of aryl methyl sites for hydroxylation is 1. The number of furan rings is 1. The van der Waals surface area contributed by atoms with E-state index in [1.54, 1.807) is 26.0 Å². The Hall–Kier alpha value is -3.48. The second kappa shape index (κ2) is 8.27. The van der Waals surface area contributed by atoms with Crippen molar-refractivity contribution in [3.8, 4) is 11.5 Å². The van der Waals surface area contributed by atoms with Crippen molar-refractivity contribution in [3.05, 3.63) is 71.1 Å². The summed E-state index contributed by atoms with van der Waals surface area (Å²) in [6, 6.07) is 12.5. The van der Waals surface area contributed by atoms with Crippen LogP contribution < -0.4 is 0 Å². The fourth-order valence-electron chi connectivity index (χ4n) is 2.56. The quantitative estimate of drug-likeness (QED) is 0.616. The largest absolute Gasteiger partial charge is 0.463 e. The van der Waals surface area contributed by atoms with E-state index in [9.17, 15) is 9.59 Å². The molecule has 0 fully saturated rings. The lowest BCUT2D eigenvalue weighted by Crippen LogP contribution is -2.19. The maximum absolute atomic E-state index is 12.8. The molecule has 0 N–H and O–H groups in total. The first kappa shape index (κ1) is 18.3. The molecule has 3 rings (SSSR count). The zero-order valence-corrected chi connectivity index (χ0v) is 15.0. The van der Waals surface area contributed by atoms with Gasteiger partial charge in [0.15, 0.2) is 5.76 Å². The van der Waals surface area contributed by atoms with Crippen molar-refractivity contribution in [2.75, 3.05) is 6.61 Å². The SMILES string of the molecule is CCOC(=O)c1c(-c2ccco2)nnc(C)c1C(=O)OCc1ccccc1. The molecule has 0 spiro atoms. The van der Waals surface area contributed by atoms with Crippen molar-refractivity contribution >= 4 is 11.9 Å². The Balaban J connectivity index is 2.00. The van der Waals surface area contributed by atoms with Crippen LogP contribution in [0.15, 0.2) is 53.1 Å². The highest BCUT2D eigenvalue weighted by molar-refractivity contribution is 6.07. The number of rotatable bonds is 6. The van der Waals surface area contributed by atoms with Crippen molar-refractivity contribution in [3.63, 3.8) is 0 Å². The van der Waals surface area contributed by atoms with Gasteiger partial charge in [-0.2, -0.15) is 5.10 Å². The molecule has 0 atom stereocenters. The normalized spacial score (nSPS) is 10.4. The van der Waals surface area contributed by atoms with E-state index in [2.05, 4.69) is 10.2 Å². The molecule has 2 aromatic heterocycles. The molecule has 0 saturated carbocycles. The number of benzene rings is 1. The number of aromatic nitrogens is 2. The molecule has 0 saturated heterocycles. The maximum atomic E-state index is 12.8.